The van der Waals surface area contributed by atoms with Gasteiger partial charge in [0.1, 0.15) is 11.9 Å². The molecule has 0 spiro atoms. The molecule has 0 saturated heterocycles. The fourth-order valence-corrected chi connectivity index (χ4v) is 5.56. The van der Waals surface area contributed by atoms with E-state index >= 15 is 0 Å². The number of aromatic nitrogens is 4. The molecule has 1 atom stereocenters. The topological polar surface area (TPSA) is 92.2 Å². The molecular weight excluding hydrogens is 560 g/mol. The predicted octanol–water partition coefficient (Wildman–Crippen LogP) is 5.48. The Morgan fingerprint density at radius 1 is 0.822 bits per heavy atom. The molecule has 0 aliphatic carbocycles. The number of carbonyl (C=O) groups is 2. The molecule has 0 bridgehead atoms. The van der Waals surface area contributed by atoms with Crippen LogP contribution < -0.4 is 0 Å². The second kappa shape index (κ2) is 13.9. The van der Waals surface area contributed by atoms with Crippen molar-refractivity contribution in [2.75, 3.05) is 6.54 Å². The zero-order chi connectivity index (χ0) is 31.0. The van der Waals surface area contributed by atoms with Gasteiger partial charge in [0.25, 0.3) is 0 Å². The first-order chi connectivity index (χ1) is 22.0. The molecule has 0 N–H and O–H groups in total. The number of rotatable bonds is 9. The molecular formula is C37H34N6O2. The van der Waals surface area contributed by atoms with Crippen LogP contribution in [0.3, 0.4) is 0 Å². The van der Waals surface area contributed by atoms with Gasteiger partial charge in [-0.25, -0.2) is 19.9 Å². The van der Waals surface area contributed by atoms with Gasteiger partial charge in [-0.1, -0.05) is 78.9 Å². The van der Waals surface area contributed by atoms with Crippen molar-refractivity contribution in [1.29, 1.82) is 0 Å². The number of fused-ring (bicyclic) bond motifs is 1. The van der Waals surface area contributed by atoms with E-state index in [9.17, 15) is 9.59 Å². The fraction of sp³-hybridized carbons (Fsp3) is 0.189. The lowest BCUT2D eigenvalue weighted by Gasteiger charge is -2.37. The highest BCUT2D eigenvalue weighted by Crippen LogP contribution is 2.24. The van der Waals surface area contributed by atoms with Crippen LogP contribution in [0, 0.1) is 6.92 Å². The largest absolute Gasteiger partial charge is 0.336 e. The summed E-state index contributed by atoms with van der Waals surface area (Å²) in [4.78, 5) is 49.3. The van der Waals surface area contributed by atoms with Crippen molar-refractivity contribution in [3.05, 3.63) is 149 Å². The summed E-state index contributed by atoms with van der Waals surface area (Å²) in [5.74, 6) is 0.949. The third-order valence-corrected chi connectivity index (χ3v) is 8.01. The number of aryl methyl sites for hydroxylation is 1. The Labute approximate surface area is 263 Å². The van der Waals surface area contributed by atoms with Crippen LogP contribution >= 0.6 is 0 Å². The molecule has 224 valence electrons. The molecule has 0 saturated carbocycles. The Bertz CT molecular complexity index is 1770. The van der Waals surface area contributed by atoms with Crippen molar-refractivity contribution in [3.63, 3.8) is 0 Å². The second-order valence-corrected chi connectivity index (χ2v) is 11.1. The van der Waals surface area contributed by atoms with Gasteiger partial charge in [-0.2, -0.15) is 0 Å². The van der Waals surface area contributed by atoms with E-state index < -0.39 is 6.04 Å². The van der Waals surface area contributed by atoms with E-state index in [1.54, 1.807) is 41.8 Å². The lowest BCUT2D eigenvalue weighted by atomic mass is 9.97. The Morgan fingerprint density at radius 2 is 1.51 bits per heavy atom. The van der Waals surface area contributed by atoms with E-state index in [0.29, 0.717) is 36.7 Å². The SMILES string of the molecule is Cc1ncc(C=CC(=O)N(Cc2ccc(-c3ncccn3)cc2)C(Cc2ccccc2)C(=O)N2CCc3ccccc3C2)cn1. The maximum absolute atomic E-state index is 14.5. The third kappa shape index (κ3) is 7.36. The summed E-state index contributed by atoms with van der Waals surface area (Å²) in [6, 6.07) is 27.0. The summed E-state index contributed by atoms with van der Waals surface area (Å²) in [5, 5.41) is 0. The van der Waals surface area contributed by atoms with Gasteiger partial charge in [0, 0.05) is 68.0 Å². The van der Waals surface area contributed by atoms with Gasteiger partial charge in [0.05, 0.1) is 0 Å². The number of carbonyl (C=O) groups excluding carboxylic acids is 2. The Hall–Kier alpha value is -5.50. The molecule has 1 aliphatic rings. The minimum atomic E-state index is -0.721. The molecule has 1 aliphatic heterocycles. The van der Waals surface area contributed by atoms with Gasteiger partial charge < -0.3 is 9.80 Å². The van der Waals surface area contributed by atoms with Crippen LogP contribution in [0.2, 0.25) is 0 Å². The van der Waals surface area contributed by atoms with Crippen molar-refractivity contribution in [2.24, 2.45) is 0 Å². The highest BCUT2D eigenvalue weighted by molar-refractivity contribution is 5.95. The fourth-order valence-electron chi connectivity index (χ4n) is 5.56. The van der Waals surface area contributed by atoms with Crippen LogP contribution in [-0.2, 0) is 35.5 Å². The zero-order valence-electron chi connectivity index (χ0n) is 25.2. The van der Waals surface area contributed by atoms with Gasteiger partial charge in [-0.05, 0) is 47.7 Å². The first kappa shape index (κ1) is 29.6. The molecule has 0 radical (unpaired) electrons. The van der Waals surface area contributed by atoms with E-state index in [-0.39, 0.29) is 18.4 Å². The lowest BCUT2D eigenvalue weighted by molar-refractivity contribution is -0.144. The smallest absolute Gasteiger partial charge is 0.247 e. The molecule has 1 unspecified atom stereocenters. The third-order valence-electron chi connectivity index (χ3n) is 8.01. The summed E-state index contributed by atoms with van der Waals surface area (Å²) in [6.45, 7) is 3.18. The monoisotopic (exact) mass is 594 g/mol. The average molecular weight is 595 g/mol. The van der Waals surface area contributed by atoms with E-state index in [1.165, 1.54) is 11.6 Å². The molecule has 45 heavy (non-hydrogen) atoms. The average Bonchev–Trinajstić information content (AvgIpc) is 3.10. The molecule has 3 aromatic carbocycles. The molecule has 8 nitrogen and oxygen atoms in total. The summed E-state index contributed by atoms with van der Waals surface area (Å²) >= 11 is 0. The number of amides is 2. The van der Waals surface area contributed by atoms with E-state index in [1.807, 2.05) is 78.6 Å². The molecule has 8 heteroatoms. The summed E-state index contributed by atoms with van der Waals surface area (Å²) in [7, 11) is 0. The molecule has 2 aromatic heterocycles. The van der Waals surface area contributed by atoms with Crippen molar-refractivity contribution >= 4 is 17.9 Å². The van der Waals surface area contributed by atoms with Gasteiger partial charge in [0.2, 0.25) is 11.8 Å². The summed E-state index contributed by atoms with van der Waals surface area (Å²) < 4.78 is 0. The number of hydrogen-bond donors (Lipinski definition) is 0. The van der Waals surface area contributed by atoms with E-state index in [0.717, 1.165) is 28.7 Å². The van der Waals surface area contributed by atoms with Gasteiger partial charge in [-0.15, -0.1) is 0 Å². The standard InChI is InChI=1S/C37H34N6O2/c1-27-40-23-30(24-41-27)14-17-35(44)43(25-29-12-15-32(16-13-29)36-38-19-7-20-39-36)34(22-28-8-3-2-4-9-28)37(45)42-21-18-31-10-5-6-11-33(31)26-42/h2-17,19-20,23-24,34H,18,21-22,25-26H2,1H3. The molecule has 0 fully saturated rings. The molecule has 3 heterocycles. The molecule has 2 amide bonds. The highest BCUT2D eigenvalue weighted by Gasteiger charge is 2.34. The van der Waals surface area contributed by atoms with E-state index in [2.05, 4.69) is 32.1 Å². The first-order valence-electron chi connectivity index (χ1n) is 15.1. The molecule has 6 rings (SSSR count). The van der Waals surface area contributed by atoms with Crippen LogP contribution in [-0.4, -0.2) is 54.1 Å². The number of nitrogens with zero attached hydrogens (tertiary/aromatic N) is 6. The van der Waals surface area contributed by atoms with Crippen LogP contribution in [0.1, 0.15) is 33.6 Å². The van der Waals surface area contributed by atoms with Crippen LogP contribution in [0.4, 0.5) is 0 Å². The summed E-state index contributed by atoms with van der Waals surface area (Å²) in [6.07, 6.45) is 11.2. The predicted molar refractivity (Wildman–Crippen MR) is 173 cm³/mol. The van der Waals surface area contributed by atoms with Gasteiger partial charge in [0.15, 0.2) is 5.82 Å². The Morgan fingerprint density at radius 3 is 2.24 bits per heavy atom. The van der Waals surface area contributed by atoms with Gasteiger partial charge >= 0.3 is 0 Å². The van der Waals surface area contributed by atoms with Crippen molar-refractivity contribution in [1.82, 2.24) is 29.7 Å². The zero-order valence-corrected chi connectivity index (χ0v) is 25.2. The van der Waals surface area contributed by atoms with Gasteiger partial charge in [-0.3, -0.25) is 9.59 Å². The maximum Gasteiger partial charge on any atom is 0.247 e. The molecule has 5 aromatic rings. The number of hydrogen-bond acceptors (Lipinski definition) is 6. The van der Waals surface area contributed by atoms with Crippen molar-refractivity contribution < 1.29 is 9.59 Å². The van der Waals surface area contributed by atoms with E-state index in [4.69, 9.17) is 0 Å². The number of benzene rings is 3. The van der Waals surface area contributed by atoms with Crippen LogP contribution in [0.15, 0.2) is 116 Å². The highest BCUT2D eigenvalue weighted by atomic mass is 16.2. The Balaban J connectivity index is 1.34. The minimum absolute atomic E-state index is 0.0666. The minimum Gasteiger partial charge on any atom is -0.336 e. The maximum atomic E-state index is 14.5. The quantitative estimate of drug-likeness (QED) is 0.210. The summed E-state index contributed by atoms with van der Waals surface area (Å²) in [5.41, 5.74) is 5.87. The second-order valence-electron chi connectivity index (χ2n) is 11.1. The van der Waals surface area contributed by atoms with Crippen molar-refractivity contribution in [3.8, 4) is 11.4 Å². The normalized spacial score (nSPS) is 13.3. The van der Waals surface area contributed by atoms with Crippen LogP contribution in [0.25, 0.3) is 17.5 Å². The first-order valence-corrected chi connectivity index (χ1v) is 15.1. The lowest BCUT2D eigenvalue weighted by Crippen LogP contribution is -2.52. The van der Waals surface area contributed by atoms with Crippen LogP contribution in [0.5, 0.6) is 0 Å². The Kier molecular flexibility index (Phi) is 9.11. The van der Waals surface area contributed by atoms with Crippen molar-refractivity contribution in [2.45, 2.75) is 38.9 Å².